The number of pyridine rings is 1. The Labute approximate surface area is 126 Å². The molecule has 2 aromatic heterocycles. The third-order valence-corrected chi connectivity index (χ3v) is 4.44. The molecule has 0 amide bonds. The predicted octanol–water partition coefficient (Wildman–Crippen LogP) is 4.90. The molecule has 2 heterocycles. The molecular formula is C17H13N3S. The molecule has 0 radical (unpaired) electrons. The molecule has 0 spiro atoms. The fraction of sp³-hybridized carbons (Fsp3) is 0.0588. The summed E-state index contributed by atoms with van der Waals surface area (Å²) in [5.41, 5.74) is 4.30. The quantitative estimate of drug-likeness (QED) is 0.571. The van der Waals surface area contributed by atoms with E-state index in [0.29, 0.717) is 0 Å². The van der Waals surface area contributed by atoms with Crippen molar-refractivity contribution < 1.29 is 0 Å². The maximum atomic E-state index is 4.70. The lowest BCUT2D eigenvalue weighted by Crippen LogP contribution is -1.91. The van der Waals surface area contributed by atoms with Crippen LogP contribution in [0.4, 0.5) is 10.8 Å². The van der Waals surface area contributed by atoms with Gasteiger partial charge in [0.15, 0.2) is 5.13 Å². The van der Waals surface area contributed by atoms with Gasteiger partial charge in [0.1, 0.15) is 0 Å². The third-order valence-electron chi connectivity index (χ3n) is 3.51. The third kappa shape index (κ3) is 2.14. The second-order valence-electron chi connectivity index (χ2n) is 4.94. The van der Waals surface area contributed by atoms with Gasteiger partial charge in [0.05, 0.1) is 15.7 Å². The standard InChI is InChI=1S/C17H13N3S/c1-11-5-2-9-15-16(11)20-17(21-15)19-14-8-3-7-13-12(14)6-4-10-18-13/h2-10H,1H3,(H,19,20). The summed E-state index contributed by atoms with van der Waals surface area (Å²) in [5, 5.41) is 5.45. The van der Waals surface area contributed by atoms with Crippen LogP contribution >= 0.6 is 11.3 Å². The zero-order chi connectivity index (χ0) is 14.2. The second-order valence-corrected chi connectivity index (χ2v) is 5.97. The fourth-order valence-corrected chi connectivity index (χ4v) is 3.42. The average molecular weight is 291 g/mol. The highest BCUT2D eigenvalue weighted by atomic mass is 32.1. The van der Waals surface area contributed by atoms with Crippen LogP contribution in [0.15, 0.2) is 54.7 Å². The van der Waals surface area contributed by atoms with Crippen LogP contribution in [0.5, 0.6) is 0 Å². The maximum Gasteiger partial charge on any atom is 0.188 e. The van der Waals surface area contributed by atoms with Crippen LogP contribution in [-0.2, 0) is 0 Å². The van der Waals surface area contributed by atoms with Gasteiger partial charge in [0, 0.05) is 17.3 Å². The minimum absolute atomic E-state index is 0.913. The first-order chi connectivity index (χ1) is 10.3. The van der Waals surface area contributed by atoms with E-state index in [1.807, 2.05) is 24.4 Å². The van der Waals surface area contributed by atoms with Gasteiger partial charge in [0.25, 0.3) is 0 Å². The SMILES string of the molecule is Cc1cccc2sc(Nc3cccc4ncccc34)nc12. The largest absolute Gasteiger partial charge is 0.331 e. The van der Waals surface area contributed by atoms with Crippen LogP contribution in [0.3, 0.4) is 0 Å². The number of fused-ring (bicyclic) bond motifs is 2. The zero-order valence-corrected chi connectivity index (χ0v) is 12.3. The number of nitrogens with zero attached hydrogens (tertiary/aromatic N) is 2. The van der Waals surface area contributed by atoms with Gasteiger partial charge in [-0.1, -0.05) is 29.5 Å². The summed E-state index contributed by atoms with van der Waals surface area (Å²) in [6.45, 7) is 2.09. The minimum atomic E-state index is 0.913. The van der Waals surface area contributed by atoms with Gasteiger partial charge in [-0.05, 0) is 42.8 Å². The molecule has 21 heavy (non-hydrogen) atoms. The molecule has 4 heteroatoms. The van der Waals surface area contributed by atoms with Gasteiger partial charge >= 0.3 is 0 Å². The molecule has 0 aliphatic heterocycles. The fourth-order valence-electron chi connectivity index (χ4n) is 2.47. The number of thiazole rings is 1. The van der Waals surface area contributed by atoms with Gasteiger partial charge in [-0.15, -0.1) is 0 Å². The summed E-state index contributed by atoms with van der Waals surface area (Å²) in [6.07, 6.45) is 1.81. The molecule has 2 aromatic carbocycles. The van der Waals surface area contributed by atoms with Crippen LogP contribution in [0.25, 0.3) is 21.1 Å². The highest BCUT2D eigenvalue weighted by Crippen LogP contribution is 2.32. The summed E-state index contributed by atoms with van der Waals surface area (Å²) in [5.74, 6) is 0. The maximum absolute atomic E-state index is 4.70. The first-order valence-corrected chi connectivity index (χ1v) is 7.60. The number of aromatic nitrogens is 2. The summed E-state index contributed by atoms with van der Waals surface area (Å²) in [4.78, 5) is 9.08. The van der Waals surface area contributed by atoms with E-state index < -0.39 is 0 Å². The average Bonchev–Trinajstić information content (AvgIpc) is 2.92. The molecule has 0 fully saturated rings. The Morgan fingerprint density at radius 3 is 2.81 bits per heavy atom. The van der Waals surface area contributed by atoms with E-state index in [1.54, 1.807) is 11.3 Å². The molecule has 0 atom stereocenters. The van der Waals surface area contributed by atoms with E-state index in [-0.39, 0.29) is 0 Å². The molecule has 102 valence electrons. The van der Waals surface area contributed by atoms with Gasteiger partial charge < -0.3 is 5.32 Å². The summed E-state index contributed by atoms with van der Waals surface area (Å²) in [7, 11) is 0. The predicted molar refractivity (Wildman–Crippen MR) is 89.4 cm³/mol. The van der Waals surface area contributed by atoms with Crippen molar-refractivity contribution >= 4 is 43.3 Å². The van der Waals surface area contributed by atoms with Crippen molar-refractivity contribution in [2.45, 2.75) is 6.92 Å². The van der Waals surface area contributed by atoms with Gasteiger partial charge in [-0.3, -0.25) is 4.98 Å². The second kappa shape index (κ2) is 4.82. The lowest BCUT2D eigenvalue weighted by molar-refractivity contribution is 1.39. The molecule has 0 unspecified atom stereocenters. The molecule has 0 saturated carbocycles. The van der Waals surface area contributed by atoms with E-state index in [4.69, 9.17) is 4.98 Å². The summed E-state index contributed by atoms with van der Waals surface area (Å²) < 4.78 is 1.20. The number of para-hydroxylation sites is 1. The molecule has 0 saturated heterocycles. The van der Waals surface area contributed by atoms with Crippen LogP contribution < -0.4 is 5.32 Å². The lowest BCUT2D eigenvalue weighted by atomic mass is 10.2. The first-order valence-electron chi connectivity index (χ1n) is 6.78. The number of aryl methyl sites for hydroxylation is 1. The highest BCUT2D eigenvalue weighted by molar-refractivity contribution is 7.22. The smallest absolute Gasteiger partial charge is 0.188 e. The molecule has 4 rings (SSSR count). The van der Waals surface area contributed by atoms with E-state index in [1.165, 1.54) is 10.3 Å². The molecular weight excluding hydrogens is 278 g/mol. The van der Waals surface area contributed by atoms with Crippen LogP contribution in [0, 0.1) is 6.92 Å². The monoisotopic (exact) mass is 291 g/mol. The van der Waals surface area contributed by atoms with Gasteiger partial charge in [0.2, 0.25) is 0 Å². The minimum Gasteiger partial charge on any atom is -0.331 e. The van der Waals surface area contributed by atoms with Crippen molar-refractivity contribution in [3.8, 4) is 0 Å². The van der Waals surface area contributed by atoms with Crippen molar-refractivity contribution in [3.05, 3.63) is 60.3 Å². The number of hydrogen-bond donors (Lipinski definition) is 1. The number of benzene rings is 2. The Morgan fingerprint density at radius 2 is 1.90 bits per heavy atom. The Morgan fingerprint density at radius 1 is 1.00 bits per heavy atom. The first kappa shape index (κ1) is 12.3. The molecule has 1 N–H and O–H groups in total. The number of nitrogens with one attached hydrogen (secondary N) is 1. The van der Waals surface area contributed by atoms with Crippen molar-refractivity contribution in [3.63, 3.8) is 0 Å². The Bertz CT molecular complexity index is 938. The molecule has 4 aromatic rings. The van der Waals surface area contributed by atoms with Gasteiger partial charge in [-0.25, -0.2) is 4.98 Å². The normalized spacial score (nSPS) is 11.1. The Hall–Kier alpha value is -2.46. The van der Waals surface area contributed by atoms with Crippen LogP contribution in [-0.4, -0.2) is 9.97 Å². The lowest BCUT2D eigenvalue weighted by Gasteiger charge is -2.06. The van der Waals surface area contributed by atoms with Crippen molar-refractivity contribution in [2.24, 2.45) is 0 Å². The van der Waals surface area contributed by atoms with Crippen molar-refractivity contribution in [1.82, 2.24) is 9.97 Å². The van der Waals surface area contributed by atoms with E-state index in [2.05, 4.69) is 47.6 Å². The van der Waals surface area contributed by atoms with Crippen LogP contribution in [0.2, 0.25) is 0 Å². The number of rotatable bonds is 2. The van der Waals surface area contributed by atoms with E-state index in [0.717, 1.165) is 27.2 Å². The van der Waals surface area contributed by atoms with Crippen LogP contribution in [0.1, 0.15) is 5.56 Å². The highest BCUT2D eigenvalue weighted by Gasteiger charge is 2.07. The van der Waals surface area contributed by atoms with Crippen molar-refractivity contribution in [2.75, 3.05) is 5.32 Å². The summed E-state index contributed by atoms with van der Waals surface area (Å²) in [6, 6.07) is 16.4. The number of anilines is 2. The molecule has 0 aliphatic carbocycles. The Balaban J connectivity index is 1.81. The molecule has 0 bridgehead atoms. The summed E-state index contributed by atoms with van der Waals surface area (Å²) >= 11 is 1.67. The van der Waals surface area contributed by atoms with Gasteiger partial charge in [-0.2, -0.15) is 0 Å². The zero-order valence-electron chi connectivity index (χ0n) is 11.5. The topological polar surface area (TPSA) is 37.8 Å². The van der Waals surface area contributed by atoms with Crippen molar-refractivity contribution in [1.29, 1.82) is 0 Å². The molecule has 3 nitrogen and oxygen atoms in total. The number of hydrogen-bond acceptors (Lipinski definition) is 4. The van der Waals surface area contributed by atoms with E-state index >= 15 is 0 Å². The molecule has 0 aliphatic rings. The Kier molecular flexibility index (Phi) is 2.82. The van der Waals surface area contributed by atoms with E-state index in [9.17, 15) is 0 Å².